The smallest absolute Gasteiger partial charge is 0.187 e. The molecule has 0 amide bonds. The van der Waals surface area contributed by atoms with Crippen LogP contribution >= 0.6 is 28.1 Å². The molecule has 1 aliphatic heterocycles. The Hall–Kier alpha value is -0.940. The highest BCUT2D eigenvalue weighted by Gasteiger charge is 2.37. The minimum atomic E-state index is 0.172. The van der Waals surface area contributed by atoms with Crippen molar-refractivity contribution < 1.29 is 0 Å². The van der Waals surface area contributed by atoms with Gasteiger partial charge in [0.15, 0.2) is 5.11 Å². The third kappa shape index (κ3) is 2.29. The van der Waals surface area contributed by atoms with Crippen molar-refractivity contribution >= 4 is 39.0 Å². The zero-order valence-electron chi connectivity index (χ0n) is 9.84. The Labute approximate surface area is 120 Å². The van der Waals surface area contributed by atoms with E-state index in [0.29, 0.717) is 11.0 Å². The first-order chi connectivity index (χ1) is 8.65. The highest BCUT2D eigenvalue weighted by Crippen LogP contribution is 2.40. The van der Waals surface area contributed by atoms with Crippen LogP contribution in [0, 0.1) is 5.92 Å². The number of benzene rings is 1. The Morgan fingerprint density at radius 1 is 1.33 bits per heavy atom. The molecule has 2 N–H and O–H groups in total. The highest BCUT2D eigenvalue weighted by molar-refractivity contribution is 9.10. The van der Waals surface area contributed by atoms with Crippen molar-refractivity contribution in [3.63, 3.8) is 0 Å². The maximum atomic E-state index is 5.78. The van der Waals surface area contributed by atoms with Gasteiger partial charge in [-0.15, -0.1) is 0 Å². The van der Waals surface area contributed by atoms with E-state index < -0.39 is 0 Å². The summed E-state index contributed by atoms with van der Waals surface area (Å²) in [6, 6.07) is 8.47. The summed E-state index contributed by atoms with van der Waals surface area (Å²) < 4.78 is 1.08. The molecule has 3 rings (SSSR count). The summed E-state index contributed by atoms with van der Waals surface area (Å²) >= 11 is 8.56. The number of nitrogens with zero attached hydrogens (tertiary/aromatic N) is 2. The zero-order chi connectivity index (χ0) is 12.7. The predicted octanol–water partition coefficient (Wildman–Crippen LogP) is 3.21. The molecule has 2 aliphatic rings. The van der Waals surface area contributed by atoms with E-state index in [0.717, 1.165) is 10.9 Å². The van der Waals surface area contributed by atoms with Crippen LogP contribution in [-0.4, -0.2) is 15.8 Å². The maximum Gasteiger partial charge on any atom is 0.187 e. The standard InChI is InChI=1S/C13H14BrN3S/c14-10-5-3-9(4-6-10)12-7-11(8-1-2-8)16-17(12)13(15)18/h3-6,8,12H,1-2,7H2,(H2,15,18). The average molecular weight is 324 g/mol. The van der Waals surface area contributed by atoms with Crippen LogP contribution < -0.4 is 5.73 Å². The summed E-state index contributed by atoms with van der Waals surface area (Å²) in [7, 11) is 0. The first-order valence-electron chi connectivity index (χ1n) is 6.06. The van der Waals surface area contributed by atoms with E-state index in [4.69, 9.17) is 18.0 Å². The van der Waals surface area contributed by atoms with Gasteiger partial charge in [-0.05, 0) is 48.7 Å². The summed E-state index contributed by atoms with van der Waals surface area (Å²) in [6.45, 7) is 0. The maximum absolute atomic E-state index is 5.78. The Bertz CT molecular complexity index is 507. The monoisotopic (exact) mass is 323 g/mol. The molecule has 3 nitrogen and oxygen atoms in total. The average Bonchev–Trinajstić information content (AvgIpc) is 3.09. The fraction of sp³-hybridized carbons (Fsp3) is 0.385. The first-order valence-corrected chi connectivity index (χ1v) is 7.27. The fourth-order valence-corrected chi connectivity index (χ4v) is 2.78. The van der Waals surface area contributed by atoms with E-state index in [2.05, 4.69) is 33.2 Å². The quantitative estimate of drug-likeness (QED) is 0.850. The molecule has 0 bridgehead atoms. The molecule has 94 valence electrons. The molecule has 1 fully saturated rings. The van der Waals surface area contributed by atoms with E-state index in [-0.39, 0.29) is 6.04 Å². The Balaban J connectivity index is 1.87. The van der Waals surface area contributed by atoms with E-state index in [1.165, 1.54) is 24.1 Å². The lowest BCUT2D eigenvalue weighted by atomic mass is 10.0. The molecule has 5 heteroatoms. The Morgan fingerprint density at radius 2 is 2.00 bits per heavy atom. The van der Waals surface area contributed by atoms with Crippen LogP contribution in [0.4, 0.5) is 0 Å². The number of hydrogen-bond donors (Lipinski definition) is 1. The van der Waals surface area contributed by atoms with E-state index >= 15 is 0 Å². The summed E-state index contributed by atoms with van der Waals surface area (Å²) in [5.74, 6) is 0.669. The van der Waals surface area contributed by atoms with Crippen LogP contribution in [0.2, 0.25) is 0 Å². The van der Waals surface area contributed by atoms with Crippen molar-refractivity contribution in [1.29, 1.82) is 0 Å². The SMILES string of the molecule is NC(=S)N1N=C(C2CC2)CC1c1ccc(Br)cc1. The van der Waals surface area contributed by atoms with Gasteiger partial charge in [0.2, 0.25) is 0 Å². The molecule has 1 unspecified atom stereocenters. The van der Waals surface area contributed by atoms with Crippen molar-refractivity contribution in [2.45, 2.75) is 25.3 Å². The number of halogens is 1. The third-order valence-electron chi connectivity index (χ3n) is 3.46. The van der Waals surface area contributed by atoms with Crippen LogP contribution in [0.3, 0.4) is 0 Å². The van der Waals surface area contributed by atoms with E-state index in [1.54, 1.807) is 5.01 Å². The van der Waals surface area contributed by atoms with Gasteiger partial charge in [0.05, 0.1) is 6.04 Å². The molecular formula is C13H14BrN3S. The molecule has 1 heterocycles. The topological polar surface area (TPSA) is 41.6 Å². The lowest BCUT2D eigenvalue weighted by molar-refractivity contribution is 0.372. The number of hydrazone groups is 1. The molecule has 0 spiro atoms. The van der Waals surface area contributed by atoms with Crippen LogP contribution in [0.1, 0.15) is 30.9 Å². The lowest BCUT2D eigenvalue weighted by Gasteiger charge is -2.21. The molecule has 0 radical (unpaired) electrons. The first kappa shape index (κ1) is 12.1. The summed E-state index contributed by atoms with van der Waals surface area (Å²) in [4.78, 5) is 0. The molecule has 1 aromatic rings. The molecule has 1 aromatic carbocycles. The molecule has 1 saturated carbocycles. The molecule has 0 aromatic heterocycles. The zero-order valence-corrected chi connectivity index (χ0v) is 12.2. The van der Waals surface area contributed by atoms with Crippen molar-refractivity contribution in [3.8, 4) is 0 Å². The van der Waals surface area contributed by atoms with Crippen LogP contribution in [0.25, 0.3) is 0 Å². The molecule has 1 atom stereocenters. The second-order valence-electron chi connectivity index (χ2n) is 4.82. The van der Waals surface area contributed by atoms with Crippen LogP contribution in [0.5, 0.6) is 0 Å². The second-order valence-corrected chi connectivity index (χ2v) is 6.15. The molecule has 18 heavy (non-hydrogen) atoms. The van der Waals surface area contributed by atoms with Crippen molar-refractivity contribution in [1.82, 2.24) is 5.01 Å². The predicted molar refractivity (Wildman–Crippen MR) is 80.3 cm³/mol. The fourth-order valence-electron chi connectivity index (χ4n) is 2.35. The van der Waals surface area contributed by atoms with Gasteiger partial charge in [0, 0.05) is 16.6 Å². The van der Waals surface area contributed by atoms with Gasteiger partial charge in [-0.25, -0.2) is 5.01 Å². The number of thiocarbonyl (C=S) groups is 1. The van der Waals surface area contributed by atoms with Crippen molar-refractivity contribution in [2.75, 3.05) is 0 Å². The largest absolute Gasteiger partial charge is 0.375 e. The van der Waals surface area contributed by atoms with Gasteiger partial charge in [-0.3, -0.25) is 0 Å². The Morgan fingerprint density at radius 3 is 2.56 bits per heavy atom. The van der Waals surface area contributed by atoms with Gasteiger partial charge in [0.1, 0.15) is 0 Å². The van der Waals surface area contributed by atoms with Crippen LogP contribution in [0.15, 0.2) is 33.8 Å². The van der Waals surface area contributed by atoms with Gasteiger partial charge in [-0.1, -0.05) is 28.1 Å². The van der Waals surface area contributed by atoms with Crippen molar-refractivity contribution in [2.24, 2.45) is 16.8 Å². The minimum Gasteiger partial charge on any atom is -0.375 e. The van der Waals surface area contributed by atoms with Crippen LogP contribution in [-0.2, 0) is 0 Å². The lowest BCUT2D eigenvalue weighted by Crippen LogP contribution is -2.31. The van der Waals surface area contributed by atoms with E-state index in [9.17, 15) is 0 Å². The van der Waals surface area contributed by atoms with Crippen molar-refractivity contribution in [3.05, 3.63) is 34.3 Å². The molecular weight excluding hydrogens is 310 g/mol. The van der Waals surface area contributed by atoms with Gasteiger partial charge in [-0.2, -0.15) is 5.10 Å². The summed E-state index contributed by atoms with van der Waals surface area (Å²) in [6.07, 6.45) is 3.47. The molecule has 1 aliphatic carbocycles. The summed E-state index contributed by atoms with van der Waals surface area (Å²) in [5, 5.41) is 6.76. The minimum absolute atomic E-state index is 0.172. The number of hydrogen-bond acceptors (Lipinski definition) is 2. The Kier molecular flexibility index (Phi) is 3.11. The summed E-state index contributed by atoms with van der Waals surface area (Å²) in [5.41, 5.74) is 8.25. The number of rotatable bonds is 2. The second kappa shape index (κ2) is 4.63. The van der Waals surface area contributed by atoms with E-state index in [1.807, 2.05) is 12.1 Å². The van der Waals surface area contributed by atoms with Gasteiger partial charge < -0.3 is 5.73 Å². The number of nitrogens with two attached hydrogens (primary N) is 1. The highest BCUT2D eigenvalue weighted by atomic mass is 79.9. The normalized spacial score (nSPS) is 23.1. The molecule has 0 saturated heterocycles. The van der Waals surface area contributed by atoms with Gasteiger partial charge >= 0.3 is 0 Å². The third-order valence-corrected chi connectivity index (χ3v) is 4.18. The van der Waals surface area contributed by atoms with Gasteiger partial charge in [0.25, 0.3) is 0 Å².